The molecule has 300 valence electrons. The fraction of sp³-hybridized carbons (Fsp3) is 0. The largest absolute Gasteiger partial charge is 0.455 e. The van der Waals surface area contributed by atoms with Gasteiger partial charge in [-0.3, -0.25) is 0 Å². The second-order valence-corrected chi connectivity index (χ2v) is 17.1. The molecule has 4 heterocycles. The number of nitrogens with zero attached hydrogens (tertiary/aromatic N) is 3. The minimum atomic E-state index is 0.892. The van der Waals surface area contributed by atoms with Crippen molar-refractivity contribution in [1.29, 1.82) is 0 Å². The van der Waals surface area contributed by atoms with E-state index < -0.39 is 0 Å². The zero-order valence-electron chi connectivity index (χ0n) is 35.0. The lowest BCUT2D eigenvalue weighted by Crippen LogP contribution is -1.92. The molecule has 0 saturated carbocycles. The average Bonchev–Trinajstić information content (AvgIpc) is 3.77. The molecule has 4 heteroatoms. The van der Waals surface area contributed by atoms with Crippen LogP contribution in [-0.2, 0) is 0 Å². The monoisotopic (exact) mass is 825 g/mol. The number of furan rings is 1. The molecule has 0 spiro atoms. The molecule has 0 atom stereocenters. The first kappa shape index (κ1) is 35.8. The molecular formula is C61H35N3O. The molecule has 0 fully saturated rings. The van der Waals surface area contributed by atoms with Crippen LogP contribution in [0.3, 0.4) is 0 Å². The van der Waals surface area contributed by atoms with Gasteiger partial charge in [-0.1, -0.05) is 164 Å². The van der Waals surface area contributed by atoms with Gasteiger partial charge in [0.2, 0.25) is 0 Å². The Morgan fingerprint density at radius 2 is 0.815 bits per heavy atom. The lowest BCUT2D eigenvalue weighted by Gasteiger charge is -2.14. The van der Waals surface area contributed by atoms with E-state index in [9.17, 15) is 0 Å². The number of fused-ring (bicyclic) bond motifs is 16. The molecule has 0 bridgehead atoms. The molecule has 0 aliphatic rings. The number of pyridine rings is 3. The summed E-state index contributed by atoms with van der Waals surface area (Å²) in [6.45, 7) is 0. The molecule has 0 unspecified atom stereocenters. The molecule has 0 saturated heterocycles. The van der Waals surface area contributed by atoms with Gasteiger partial charge in [-0.15, -0.1) is 0 Å². The lowest BCUT2D eigenvalue weighted by atomic mass is 9.90. The molecule has 14 rings (SSSR count). The SMILES string of the molecule is c1ccc(-c2ccc3ccc4ccc(-c5ccc6c7ccc(-c8cccc(-c9nc%10ccccc%10c%10c9ccc9c%11ccccc%11oc9%10)c8)cc7c7ccccc7c6c5)nc4c3n2)cc1. The van der Waals surface area contributed by atoms with Crippen molar-refractivity contribution in [3.8, 4) is 44.9 Å². The Morgan fingerprint density at radius 1 is 0.292 bits per heavy atom. The second kappa shape index (κ2) is 13.9. The first-order chi connectivity index (χ1) is 32.2. The molecule has 65 heavy (non-hydrogen) atoms. The Balaban J connectivity index is 0.897. The van der Waals surface area contributed by atoms with Crippen molar-refractivity contribution < 1.29 is 4.42 Å². The zero-order valence-corrected chi connectivity index (χ0v) is 35.0. The highest BCUT2D eigenvalue weighted by Gasteiger charge is 2.19. The summed E-state index contributed by atoms with van der Waals surface area (Å²) in [5.74, 6) is 0. The molecule has 0 amide bonds. The first-order valence-electron chi connectivity index (χ1n) is 22.1. The molecule has 4 aromatic heterocycles. The molecule has 4 nitrogen and oxygen atoms in total. The number of para-hydroxylation sites is 2. The van der Waals surface area contributed by atoms with Gasteiger partial charge in [-0.25, -0.2) is 15.0 Å². The molecule has 0 N–H and O–H groups in total. The topological polar surface area (TPSA) is 51.8 Å². The molecule has 0 aliphatic carbocycles. The molecule has 14 aromatic rings. The van der Waals surface area contributed by atoms with Gasteiger partial charge >= 0.3 is 0 Å². The van der Waals surface area contributed by atoms with Crippen molar-refractivity contribution in [2.24, 2.45) is 0 Å². The standard InChI is InChI=1S/C61H35N3O/c1-2-11-36(12-3-1)53-31-25-37-21-22-38-26-32-54(63-60(38)59(37)62-53)41-24-28-46-45-27-23-40(34-51(45)43-15-4-5-16-44(43)52(46)35-41)39-13-10-14-42(33-39)58-50-30-29-48-47-17-7-9-20-56(47)65-61(48)57(50)49-18-6-8-19-55(49)64-58/h1-35H. The van der Waals surface area contributed by atoms with Crippen LogP contribution >= 0.6 is 0 Å². The van der Waals surface area contributed by atoms with E-state index in [0.717, 1.165) is 110 Å². The summed E-state index contributed by atoms with van der Waals surface area (Å²) in [5.41, 5.74) is 12.9. The van der Waals surface area contributed by atoms with Crippen LogP contribution in [0.25, 0.3) is 143 Å². The van der Waals surface area contributed by atoms with E-state index in [4.69, 9.17) is 19.4 Å². The van der Waals surface area contributed by atoms with Crippen molar-refractivity contribution in [2.75, 3.05) is 0 Å². The van der Waals surface area contributed by atoms with Crippen LogP contribution in [0.15, 0.2) is 217 Å². The quantitative estimate of drug-likeness (QED) is 0.166. The van der Waals surface area contributed by atoms with E-state index in [1.165, 1.54) is 32.3 Å². The fourth-order valence-electron chi connectivity index (χ4n) is 10.3. The Labute approximate surface area is 372 Å². The summed E-state index contributed by atoms with van der Waals surface area (Å²) < 4.78 is 6.61. The van der Waals surface area contributed by atoms with Crippen molar-refractivity contribution in [1.82, 2.24) is 15.0 Å². The average molecular weight is 826 g/mol. The van der Waals surface area contributed by atoms with E-state index in [0.29, 0.717) is 0 Å². The second-order valence-electron chi connectivity index (χ2n) is 17.1. The Hall–Kier alpha value is -8.73. The van der Waals surface area contributed by atoms with Gasteiger partial charge in [0.1, 0.15) is 11.2 Å². The smallest absolute Gasteiger partial charge is 0.144 e. The van der Waals surface area contributed by atoms with Gasteiger partial charge in [-0.05, 0) is 92.0 Å². The van der Waals surface area contributed by atoms with Gasteiger partial charge in [0.15, 0.2) is 0 Å². The summed E-state index contributed by atoms with van der Waals surface area (Å²) in [5, 5.41) is 14.9. The number of aromatic nitrogens is 3. The third-order valence-corrected chi connectivity index (χ3v) is 13.4. The van der Waals surface area contributed by atoms with Crippen LogP contribution < -0.4 is 0 Å². The third-order valence-electron chi connectivity index (χ3n) is 13.4. The van der Waals surface area contributed by atoms with E-state index in [1.54, 1.807) is 0 Å². The van der Waals surface area contributed by atoms with Crippen LogP contribution in [-0.4, -0.2) is 15.0 Å². The van der Waals surface area contributed by atoms with Crippen LogP contribution in [0.4, 0.5) is 0 Å². The summed E-state index contributed by atoms with van der Waals surface area (Å²) in [7, 11) is 0. The Bertz CT molecular complexity index is 4280. The summed E-state index contributed by atoms with van der Waals surface area (Å²) >= 11 is 0. The lowest BCUT2D eigenvalue weighted by molar-refractivity contribution is 0.673. The first-order valence-corrected chi connectivity index (χ1v) is 22.1. The third kappa shape index (κ3) is 5.54. The molecule has 10 aromatic carbocycles. The molecule has 0 aliphatic heterocycles. The number of benzene rings is 10. The van der Waals surface area contributed by atoms with Gasteiger partial charge in [0.25, 0.3) is 0 Å². The predicted molar refractivity (Wildman–Crippen MR) is 271 cm³/mol. The van der Waals surface area contributed by atoms with Gasteiger partial charge in [0.05, 0.1) is 33.6 Å². The summed E-state index contributed by atoms with van der Waals surface area (Å²) in [6.07, 6.45) is 0. The molecule has 0 radical (unpaired) electrons. The Kier molecular flexibility index (Phi) is 7.65. The van der Waals surface area contributed by atoms with Gasteiger partial charge < -0.3 is 4.42 Å². The predicted octanol–water partition coefficient (Wildman–Crippen LogP) is 16.5. The van der Waals surface area contributed by atoms with E-state index in [1.807, 2.05) is 18.2 Å². The van der Waals surface area contributed by atoms with Crippen LogP contribution in [0.1, 0.15) is 0 Å². The van der Waals surface area contributed by atoms with E-state index in [2.05, 4.69) is 194 Å². The number of hydrogen-bond donors (Lipinski definition) is 0. The maximum atomic E-state index is 6.61. The molecular weight excluding hydrogens is 791 g/mol. The maximum absolute atomic E-state index is 6.61. The van der Waals surface area contributed by atoms with Crippen LogP contribution in [0.2, 0.25) is 0 Å². The minimum Gasteiger partial charge on any atom is -0.455 e. The van der Waals surface area contributed by atoms with Crippen molar-refractivity contribution in [3.63, 3.8) is 0 Å². The van der Waals surface area contributed by atoms with Crippen molar-refractivity contribution >= 4 is 97.7 Å². The Morgan fingerprint density at radius 3 is 1.57 bits per heavy atom. The van der Waals surface area contributed by atoms with Gasteiger partial charge in [-0.2, -0.15) is 0 Å². The van der Waals surface area contributed by atoms with Crippen molar-refractivity contribution in [3.05, 3.63) is 212 Å². The highest BCUT2D eigenvalue weighted by atomic mass is 16.3. The van der Waals surface area contributed by atoms with Crippen LogP contribution in [0.5, 0.6) is 0 Å². The van der Waals surface area contributed by atoms with Gasteiger partial charge in [0, 0.05) is 54.4 Å². The maximum Gasteiger partial charge on any atom is 0.144 e. The highest BCUT2D eigenvalue weighted by molar-refractivity contribution is 6.27. The van der Waals surface area contributed by atoms with Crippen molar-refractivity contribution in [2.45, 2.75) is 0 Å². The highest BCUT2D eigenvalue weighted by Crippen LogP contribution is 2.43. The van der Waals surface area contributed by atoms with E-state index >= 15 is 0 Å². The van der Waals surface area contributed by atoms with Crippen LogP contribution in [0, 0.1) is 0 Å². The fourth-order valence-corrected chi connectivity index (χ4v) is 10.3. The number of rotatable bonds is 4. The summed E-state index contributed by atoms with van der Waals surface area (Å²) in [6, 6.07) is 75.6. The number of hydrogen-bond acceptors (Lipinski definition) is 4. The summed E-state index contributed by atoms with van der Waals surface area (Å²) in [4.78, 5) is 15.8. The zero-order chi connectivity index (χ0) is 42.6. The minimum absolute atomic E-state index is 0.892. The normalized spacial score (nSPS) is 12.0. The van der Waals surface area contributed by atoms with E-state index in [-0.39, 0.29) is 0 Å².